The summed E-state index contributed by atoms with van der Waals surface area (Å²) in [6.45, 7) is 4.75. The molecule has 4 heterocycles. The van der Waals surface area contributed by atoms with Gasteiger partial charge in [-0.05, 0) is 220 Å². The van der Waals surface area contributed by atoms with E-state index >= 15 is 0 Å². The number of fused-ring (bicyclic) bond motifs is 37. The molecule has 0 N–H and O–H groups in total. The number of benzene rings is 20. The molecular formula is C136H82N4S2. The zero-order valence-corrected chi connectivity index (χ0v) is 78.6. The summed E-state index contributed by atoms with van der Waals surface area (Å²) in [5.41, 5.74) is 44.9. The van der Waals surface area contributed by atoms with Crippen molar-refractivity contribution in [2.75, 3.05) is 0 Å². The summed E-state index contributed by atoms with van der Waals surface area (Å²) in [4.78, 5) is 24.9. The number of thiophene rings is 1. The molecule has 0 unspecified atom stereocenters. The first-order valence-electron chi connectivity index (χ1n) is 49.0. The normalized spacial score (nSPS) is 14.9. The van der Waals surface area contributed by atoms with Crippen LogP contribution < -0.4 is 0 Å². The Kier molecular flexibility index (Phi) is 17.5. The summed E-state index contributed by atoms with van der Waals surface area (Å²) in [5, 5.41) is 4.77. The van der Waals surface area contributed by atoms with E-state index in [1.165, 1.54) is 158 Å². The van der Waals surface area contributed by atoms with Crippen LogP contribution in [0.15, 0.2) is 502 Å². The first kappa shape index (κ1) is 80.7. The lowest BCUT2D eigenvalue weighted by Crippen LogP contribution is -2.43. The van der Waals surface area contributed by atoms with E-state index in [9.17, 15) is 0 Å². The highest BCUT2D eigenvalue weighted by molar-refractivity contribution is 8.03. The van der Waals surface area contributed by atoms with Gasteiger partial charge < -0.3 is 0 Å². The quantitative estimate of drug-likeness (QED) is 0.144. The monoisotopic (exact) mass is 1830 g/mol. The Bertz CT molecular complexity index is 9300. The van der Waals surface area contributed by atoms with E-state index in [-0.39, 0.29) is 0 Å². The maximum absolute atomic E-state index is 5.70. The van der Waals surface area contributed by atoms with Gasteiger partial charge in [0.05, 0.1) is 44.4 Å². The lowest BCUT2D eigenvalue weighted by Gasteiger charge is -2.49. The molecule has 4 nitrogen and oxygen atoms in total. The number of thioether (sulfide) groups is 1. The van der Waals surface area contributed by atoms with Crippen molar-refractivity contribution < 1.29 is 0 Å². The Labute approximate surface area is 831 Å². The first-order chi connectivity index (χ1) is 70.3. The van der Waals surface area contributed by atoms with Crippen LogP contribution in [-0.4, -0.2) is 19.9 Å². The minimum Gasteiger partial charge on any atom is -0.228 e. The van der Waals surface area contributed by atoms with Crippen molar-refractivity contribution in [1.82, 2.24) is 19.9 Å². The van der Waals surface area contributed by atoms with Gasteiger partial charge in [0, 0.05) is 63.4 Å². The molecule has 0 radical (unpaired) electrons. The molecule has 7 aliphatic rings. The van der Waals surface area contributed by atoms with Crippen LogP contribution in [0.25, 0.3) is 177 Å². The topological polar surface area (TPSA) is 51.6 Å². The molecule has 6 heteroatoms. The molecule has 30 rings (SSSR count). The van der Waals surface area contributed by atoms with E-state index in [4.69, 9.17) is 26.5 Å². The van der Waals surface area contributed by atoms with Crippen molar-refractivity contribution in [2.45, 2.75) is 26.6 Å². The Morgan fingerprint density at radius 3 is 1.18 bits per heavy atom. The van der Waals surface area contributed by atoms with Crippen LogP contribution in [0, 0.1) is 0 Å². The summed E-state index contributed by atoms with van der Waals surface area (Å²) in [7, 11) is 0. The number of hydrogen-bond acceptors (Lipinski definition) is 6. The van der Waals surface area contributed by atoms with Crippen molar-refractivity contribution in [3.05, 3.63) is 591 Å². The molecule has 0 amide bonds. The van der Waals surface area contributed by atoms with Crippen molar-refractivity contribution in [3.63, 3.8) is 0 Å². The zero-order chi connectivity index (χ0) is 93.3. The average molecular weight is 1840 g/mol. The molecular weight excluding hydrogens is 1750 g/mol. The second-order valence-electron chi connectivity index (χ2n) is 38.6. The molecule has 142 heavy (non-hydrogen) atoms. The molecule has 658 valence electrons. The molecule has 6 aliphatic carbocycles. The van der Waals surface area contributed by atoms with Crippen molar-refractivity contribution in [1.29, 1.82) is 0 Å². The highest BCUT2D eigenvalue weighted by Crippen LogP contribution is 2.73. The standard InChI is InChI=1S/C136H82N4S2/c1-82-66-75-105-126-95(47-30-63-119(126)136(130(105)142-124-64-25-11-40-93(82)124)116-60-23-19-56-112(116)134(113-57-20-24-61-117(113)136)108-52-15-9-44-98(108)99-45-10-16-53-109(99)134)91-38-28-39-92(79-91)122-80-120(138-132(139-122)102-48-29-35-85-32-5-6-41-94(85)102)86-71-67-83(68-72-86)89-36-27-37-90(78-89)84-69-73-87(74-70-84)121-81-123(140-131(137-121)88-33-3-2-4-34-88)103-49-31-62-118-127(103)104-77-76-101-100-46-12-26-65-125(100)141-129(101)128(104)135(118)114-58-21-17-54-110(114)133(111-55-18-22-59-115(111)135)106-50-13-7-42-96(106)97-43-8-14-51-107(97)133/h2-81H,1H2/b75-66-. The average Bonchev–Trinajstić information content (AvgIpc) is 1.47. The van der Waals surface area contributed by atoms with Crippen LogP contribution in [0.5, 0.6) is 0 Å². The minimum absolute atomic E-state index is 0.583. The van der Waals surface area contributed by atoms with Crippen molar-refractivity contribution >= 4 is 65.2 Å². The van der Waals surface area contributed by atoms with E-state index in [2.05, 4.69) is 485 Å². The van der Waals surface area contributed by atoms with Gasteiger partial charge in [-0.15, -0.1) is 11.3 Å². The molecule has 0 fully saturated rings. The van der Waals surface area contributed by atoms with Gasteiger partial charge in [-0.3, -0.25) is 0 Å². The molecule has 0 saturated heterocycles. The fraction of sp³-hybridized carbons (Fsp3) is 0.0294. The minimum atomic E-state index is -0.742. The van der Waals surface area contributed by atoms with Gasteiger partial charge in [-0.2, -0.15) is 0 Å². The van der Waals surface area contributed by atoms with E-state index in [0.717, 1.165) is 111 Å². The Morgan fingerprint density at radius 1 is 0.211 bits per heavy atom. The number of nitrogens with zero attached hydrogens (tertiary/aromatic N) is 4. The molecule has 4 spiro atoms. The highest BCUT2D eigenvalue weighted by atomic mass is 32.2. The van der Waals surface area contributed by atoms with Crippen LogP contribution in [0.4, 0.5) is 0 Å². The summed E-state index contributed by atoms with van der Waals surface area (Å²) in [6.07, 6.45) is 4.64. The third-order valence-corrected chi connectivity index (χ3v) is 34.4. The lowest BCUT2D eigenvalue weighted by molar-refractivity contribution is 0.636. The Morgan fingerprint density at radius 2 is 0.599 bits per heavy atom. The van der Waals surface area contributed by atoms with Gasteiger partial charge in [-0.1, -0.05) is 467 Å². The van der Waals surface area contributed by atoms with Gasteiger partial charge in [0.1, 0.15) is 0 Å². The van der Waals surface area contributed by atoms with Crippen LogP contribution in [0.1, 0.15) is 94.6 Å². The Balaban J connectivity index is 0.517. The van der Waals surface area contributed by atoms with Gasteiger partial charge in [0.2, 0.25) is 0 Å². The molecule has 3 aromatic heterocycles. The largest absolute Gasteiger partial charge is 0.228 e. The predicted octanol–water partition coefficient (Wildman–Crippen LogP) is 33.9. The van der Waals surface area contributed by atoms with Crippen LogP contribution in [0.2, 0.25) is 0 Å². The van der Waals surface area contributed by atoms with Gasteiger partial charge in [0.25, 0.3) is 0 Å². The maximum Gasteiger partial charge on any atom is 0.161 e. The van der Waals surface area contributed by atoms with Crippen LogP contribution >= 0.6 is 23.1 Å². The maximum atomic E-state index is 5.70. The van der Waals surface area contributed by atoms with Crippen LogP contribution in [-0.2, 0) is 21.7 Å². The molecule has 0 bridgehead atoms. The highest BCUT2D eigenvalue weighted by Gasteiger charge is 2.63. The molecule has 23 aromatic rings. The van der Waals surface area contributed by atoms with Gasteiger partial charge >= 0.3 is 0 Å². The number of allylic oxidation sites excluding steroid dienone is 5. The molecule has 0 atom stereocenters. The van der Waals surface area contributed by atoms with E-state index in [1.54, 1.807) is 0 Å². The molecule has 0 saturated carbocycles. The fourth-order valence-corrected chi connectivity index (χ4v) is 28.9. The number of aromatic nitrogens is 4. The van der Waals surface area contributed by atoms with E-state index < -0.39 is 21.7 Å². The second kappa shape index (κ2) is 30.8. The number of hydrogen-bond donors (Lipinski definition) is 0. The van der Waals surface area contributed by atoms with Crippen LogP contribution in [0.3, 0.4) is 0 Å². The summed E-state index contributed by atoms with van der Waals surface area (Å²) >= 11 is 3.83. The zero-order valence-electron chi connectivity index (χ0n) is 77.0. The number of rotatable bonds is 9. The summed E-state index contributed by atoms with van der Waals surface area (Å²) in [6, 6.07) is 177. The van der Waals surface area contributed by atoms with Gasteiger partial charge in [0.15, 0.2) is 11.6 Å². The van der Waals surface area contributed by atoms with E-state index in [1.807, 2.05) is 23.1 Å². The third kappa shape index (κ3) is 11.1. The second-order valence-corrected chi connectivity index (χ2v) is 40.7. The third-order valence-electron chi connectivity index (χ3n) is 31.9. The summed E-state index contributed by atoms with van der Waals surface area (Å²) in [5.74, 6) is 1.32. The van der Waals surface area contributed by atoms with Crippen molar-refractivity contribution in [3.8, 4) is 135 Å². The fourth-order valence-electron chi connectivity index (χ4n) is 26.2. The SMILES string of the molecule is C=C1/C=C\C2=C(Sc3ccccc31)C1(c3ccccc3C3(c4ccccc4-c4ccccc43)c3ccccc31)c1cccc(-c3cccc(-c4cc(-c5ccc(-c6cccc(-c7ccc(-c8cc(-c9cccc%10c9-c9ccc%11c(sc%12ccccc%12%11)c9C%109c%10ccccc%10C%10(c%11ccccc%11-c%11ccccc%11%10)c%10ccccc%109)nc(-c9ccccc9)n8)cc7)c6)cc5)nc(-c5cccc6ccccc56)n4)c3)c12. The van der Waals surface area contributed by atoms with Gasteiger partial charge in [-0.25, -0.2) is 19.9 Å². The lowest BCUT2D eigenvalue weighted by atomic mass is 9.52. The molecule has 1 aliphatic heterocycles. The van der Waals surface area contributed by atoms with Crippen molar-refractivity contribution in [2.24, 2.45) is 0 Å². The summed E-state index contributed by atoms with van der Waals surface area (Å²) < 4.78 is 2.58. The smallest absolute Gasteiger partial charge is 0.161 e. The predicted molar refractivity (Wildman–Crippen MR) is 586 cm³/mol. The van der Waals surface area contributed by atoms with E-state index in [0.29, 0.717) is 11.6 Å². The Hall–Kier alpha value is -17.4. The molecule has 20 aromatic carbocycles. The first-order valence-corrected chi connectivity index (χ1v) is 50.6.